The van der Waals surface area contributed by atoms with E-state index in [9.17, 15) is 29.4 Å². The van der Waals surface area contributed by atoms with Crippen molar-refractivity contribution in [1.29, 1.82) is 0 Å². The van der Waals surface area contributed by atoms with Gasteiger partial charge >= 0.3 is 5.97 Å². The van der Waals surface area contributed by atoms with Crippen LogP contribution in [0.25, 0.3) is 0 Å². The van der Waals surface area contributed by atoms with Crippen molar-refractivity contribution in [1.82, 2.24) is 5.32 Å². The quantitative estimate of drug-likeness (QED) is 0.285. The molecule has 0 saturated carbocycles. The monoisotopic (exact) mass is 489 g/mol. The maximum Gasteiger partial charge on any atom is 0.331 e. The van der Waals surface area contributed by atoms with Crippen LogP contribution in [0.2, 0.25) is 0 Å². The van der Waals surface area contributed by atoms with E-state index >= 15 is 0 Å². The van der Waals surface area contributed by atoms with Gasteiger partial charge in [0.05, 0.1) is 18.6 Å². The van der Waals surface area contributed by atoms with E-state index in [1.165, 1.54) is 6.08 Å². The molecule has 35 heavy (non-hydrogen) atoms. The van der Waals surface area contributed by atoms with Gasteiger partial charge in [0.1, 0.15) is 11.9 Å². The number of hydrogen-bond donors (Lipinski definition) is 3. The average Bonchev–Trinajstić information content (AvgIpc) is 2.79. The Morgan fingerprint density at radius 2 is 1.83 bits per heavy atom. The van der Waals surface area contributed by atoms with E-state index in [1.54, 1.807) is 32.1 Å². The van der Waals surface area contributed by atoms with Crippen molar-refractivity contribution in [2.75, 3.05) is 6.61 Å². The average molecular weight is 490 g/mol. The molecule has 0 radical (unpaired) electrons. The van der Waals surface area contributed by atoms with Crippen molar-refractivity contribution < 1.29 is 34.1 Å². The molecule has 0 bridgehead atoms. The first-order valence-electron chi connectivity index (χ1n) is 12.5. The summed E-state index contributed by atoms with van der Waals surface area (Å²) < 4.78 is 5.69. The molecular weight excluding hydrogens is 450 g/mol. The van der Waals surface area contributed by atoms with Crippen LogP contribution in [0, 0.1) is 23.7 Å². The first-order chi connectivity index (χ1) is 16.6. The van der Waals surface area contributed by atoms with Crippen molar-refractivity contribution >= 4 is 23.6 Å². The van der Waals surface area contributed by atoms with Gasteiger partial charge in [-0.25, -0.2) is 4.79 Å². The van der Waals surface area contributed by atoms with Gasteiger partial charge in [-0.05, 0) is 44.1 Å². The molecule has 2 rings (SSSR count). The SMILES string of the molecule is CC1=C[C@@H](C)[C@H](O)[C@@H](CO)C=CCCC=CC(=O)OC1[C@H](C)C(=O)CCCC1CC(=O)NC(=O)C1. The highest BCUT2D eigenvalue weighted by atomic mass is 16.5. The summed E-state index contributed by atoms with van der Waals surface area (Å²) in [5, 5.41) is 22.7. The van der Waals surface area contributed by atoms with Crippen molar-refractivity contribution in [3.8, 4) is 0 Å². The molecule has 2 aliphatic heterocycles. The lowest BCUT2D eigenvalue weighted by atomic mass is 9.85. The minimum Gasteiger partial charge on any atom is -0.454 e. The molecule has 0 aromatic carbocycles. The van der Waals surface area contributed by atoms with Gasteiger partial charge in [-0.15, -0.1) is 0 Å². The lowest BCUT2D eigenvalue weighted by Crippen LogP contribution is -2.38. The van der Waals surface area contributed by atoms with Gasteiger partial charge in [-0.3, -0.25) is 19.7 Å². The maximum atomic E-state index is 13.0. The maximum absolute atomic E-state index is 13.0. The van der Waals surface area contributed by atoms with E-state index < -0.39 is 30.0 Å². The standard InChI is InChI=1S/C27H39NO7/c1-17-13-18(2)27(35-25(33)12-7-5-4-6-10-21(16-29)26(17)34)19(3)22(30)11-8-9-20-14-23(31)28-24(32)15-20/h6-7,10,12-13,17,19-21,26-27,29,34H,4-5,8-9,11,14-16H2,1-3H3,(H,28,31,32)/t17-,19-,21-,26+,27?/m1/s1. The van der Waals surface area contributed by atoms with Crippen LogP contribution in [-0.4, -0.2) is 52.6 Å². The zero-order chi connectivity index (χ0) is 26.0. The van der Waals surface area contributed by atoms with Crippen LogP contribution in [0.5, 0.6) is 0 Å². The number of aliphatic hydroxyl groups excluding tert-OH is 2. The van der Waals surface area contributed by atoms with E-state index in [2.05, 4.69) is 5.32 Å². The van der Waals surface area contributed by atoms with E-state index in [-0.39, 0.29) is 55.3 Å². The molecule has 2 aliphatic rings. The van der Waals surface area contributed by atoms with Crippen LogP contribution in [-0.2, 0) is 23.9 Å². The number of imide groups is 1. The summed E-state index contributed by atoms with van der Waals surface area (Å²) in [7, 11) is 0. The molecule has 0 aromatic rings. The topological polar surface area (TPSA) is 130 Å². The third-order valence-electron chi connectivity index (χ3n) is 6.77. The lowest BCUT2D eigenvalue weighted by Gasteiger charge is -2.27. The van der Waals surface area contributed by atoms with E-state index in [1.807, 2.05) is 13.0 Å². The van der Waals surface area contributed by atoms with Gasteiger partial charge in [-0.2, -0.15) is 0 Å². The molecule has 1 unspecified atom stereocenters. The van der Waals surface area contributed by atoms with Gasteiger partial charge < -0.3 is 14.9 Å². The number of piperidine rings is 1. The van der Waals surface area contributed by atoms with E-state index in [0.29, 0.717) is 31.3 Å². The molecule has 2 amide bonds. The predicted molar refractivity (Wildman–Crippen MR) is 131 cm³/mol. The first kappa shape index (κ1) is 28.7. The molecule has 5 atom stereocenters. The largest absolute Gasteiger partial charge is 0.454 e. The molecule has 8 heteroatoms. The minimum absolute atomic E-state index is 0.0610. The molecule has 0 spiro atoms. The fourth-order valence-corrected chi connectivity index (χ4v) is 4.70. The molecule has 1 fully saturated rings. The number of cyclic esters (lactones) is 1. The highest BCUT2D eigenvalue weighted by Gasteiger charge is 2.30. The van der Waals surface area contributed by atoms with Crippen LogP contribution in [0.1, 0.15) is 65.7 Å². The lowest BCUT2D eigenvalue weighted by molar-refractivity contribution is -0.145. The summed E-state index contributed by atoms with van der Waals surface area (Å²) in [5.74, 6) is -2.58. The zero-order valence-electron chi connectivity index (χ0n) is 20.9. The van der Waals surface area contributed by atoms with Crippen molar-refractivity contribution in [2.24, 2.45) is 23.7 Å². The summed E-state index contributed by atoms with van der Waals surface area (Å²) in [6.07, 6.45) is 10.1. The van der Waals surface area contributed by atoms with Gasteiger partial charge in [0.2, 0.25) is 11.8 Å². The summed E-state index contributed by atoms with van der Waals surface area (Å²) in [4.78, 5) is 48.6. The number of carbonyl (C=O) groups is 4. The van der Waals surface area contributed by atoms with Gasteiger partial charge in [0.25, 0.3) is 0 Å². The number of amides is 2. The Morgan fingerprint density at radius 1 is 1.17 bits per heavy atom. The molecule has 8 nitrogen and oxygen atoms in total. The van der Waals surface area contributed by atoms with Gasteiger partial charge in [0, 0.05) is 37.2 Å². The Hall–Kier alpha value is -2.58. The number of allylic oxidation sites excluding steroid dienone is 2. The number of ketones is 1. The van der Waals surface area contributed by atoms with Crippen LogP contribution >= 0.6 is 0 Å². The number of aliphatic hydroxyl groups is 2. The highest BCUT2D eigenvalue weighted by molar-refractivity contribution is 5.97. The zero-order valence-corrected chi connectivity index (χ0v) is 20.9. The second-order valence-electron chi connectivity index (χ2n) is 9.77. The molecule has 2 heterocycles. The Balaban J connectivity index is 2.11. The van der Waals surface area contributed by atoms with Crippen LogP contribution in [0.4, 0.5) is 0 Å². The van der Waals surface area contributed by atoms with Crippen LogP contribution < -0.4 is 5.32 Å². The molecular formula is C27H39NO7. The fraction of sp³-hybridized carbons (Fsp3) is 0.630. The van der Waals surface area contributed by atoms with Crippen LogP contribution in [0.3, 0.4) is 0 Å². The normalized spacial score (nSPS) is 28.0. The van der Waals surface area contributed by atoms with E-state index in [4.69, 9.17) is 4.74 Å². The van der Waals surface area contributed by atoms with Crippen molar-refractivity contribution in [2.45, 2.75) is 77.9 Å². The number of esters is 1. The minimum atomic E-state index is -0.831. The number of carbonyl (C=O) groups excluding carboxylic acids is 4. The summed E-state index contributed by atoms with van der Waals surface area (Å²) in [5.41, 5.74) is 0.659. The van der Waals surface area contributed by atoms with Crippen LogP contribution in [0.15, 0.2) is 36.0 Å². The number of Topliss-reactive ketones (excluding diaryl/α,β-unsaturated/α-hetero) is 1. The second kappa shape index (κ2) is 14.1. The Labute approximate surface area is 207 Å². The Bertz CT molecular complexity index is 844. The summed E-state index contributed by atoms with van der Waals surface area (Å²) in [6.45, 7) is 5.13. The predicted octanol–water partition coefficient (Wildman–Crippen LogP) is 2.78. The van der Waals surface area contributed by atoms with Gasteiger partial charge in [0.15, 0.2) is 0 Å². The summed E-state index contributed by atoms with van der Waals surface area (Å²) in [6, 6.07) is 0. The third kappa shape index (κ3) is 9.18. The van der Waals surface area contributed by atoms with Crippen molar-refractivity contribution in [3.63, 3.8) is 0 Å². The fourth-order valence-electron chi connectivity index (χ4n) is 4.70. The van der Waals surface area contributed by atoms with E-state index in [0.717, 1.165) is 0 Å². The Kier molecular flexibility index (Phi) is 11.5. The summed E-state index contributed by atoms with van der Waals surface area (Å²) >= 11 is 0. The number of nitrogens with one attached hydrogen (secondary N) is 1. The smallest absolute Gasteiger partial charge is 0.331 e. The highest BCUT2D eigenvalue weighted by Crippen LogP contribution is 2.26. The number of hydrogen-bond acceptors (Lipinski definition) is 7. The first-order valence-corrected chi connectivity index (χ1v) is 12.5. The molecule has 1 saturated heterocycles. The third-order valence-corrected chi connectivity index (χ3v) is 6.77. The number of ether oxygens (including phenoxy) is 1. The van der Waals surface area contributed by atoms with Crippen molar-refractivity contribution in [3.05, 3.63) is 36.0 Å². The Morgan fingerprint density at radius 3 is 2.49 bits per heavy atom. The number of rotatable bonds is 7. The molecule has 0 aliphatic carbocycles. The molecule has 0 aromatic heterocycles. The molecule has 194 valence electrons. The van der Waals surface area contributed by atoms with Gasteiger partial charge in [-0.1, -0.05) is 38.2 Å². The molecule has 3 N–H and O–H groups in total. The second-order valence-corrected chi connectivity index (χ2v) is 9.77.